The second kappa shape index (κ2) is 17.4. The number of carbonyl (C=O) groups excluding carboxylic acids is 4. The maximum absolute atomic E-state index is 13.6. The van der Waals surface area contributed by atoms with Crippen LogP contribution >= 0.6 is 23.4 Å². The Labute approximate surface area is 279 Å². The molecule has 4 atom stereocenters. The van der Waals surface area contributed by atoms with E-state index in [9.17, 15) is 39.0 Å². The largest absolute Gasteiger partial charge is 0.481 e. The minimum atomic E-state index is -2.03. The van der Waals surface area contributed by atoms with Crippen LogP contribution < -0.4 is 27.4 Å². The number of carboxylic acid groups (broad SMARTS) is 2. The van der Waals surface area contributed by atoms with Crippen LogP contribution in [0.15, 0.2) is 54.7 Å². The highest BCUT2D eigenvalue weighted by Crippen LogP contribution is 2.19. The summed E-state index contributed by atoms with van der Waals surface area (Å²) in [6, 6.07) is 8.77. The molecule has 16 heteroatoms. The normalized spacial score (nSPS) is 13.7. The number of nitrogens with two attached hydrogens (primary N) is 2. The minimum Gasteiger partial charge on any atom is -0.481 e. The van der Waals surface area contributed by atoms with Gasteiger partial charge in [-0.2, -0.15) is 11.8 Å². The van der Waals surface area contributed by atoms with Gasteiger partial charge in [0.25, 0.3) is 0 Å². The van der Waals surface area contributed by atoms with Crippen LogP contribution in [0.25, 0.3) is 10.9 Å². The molecule has 0 unspecified atom stereocenters. The first kappa shape index (κ1) is 36.9. The number of thioether (sulfide) groups is 1. The summed E-state index contributed by atoms with van der Waals surface area (Å²) in [7, 11) is 0. The zero-order valence-electron chi connectivity index (χ0n) is 25.4. The number of aliphatic carboxylic acids is 2. The first-order valence-corrected chi connectivity index (χ1v) is 16.3. The summed E-state index contributed by atoms with van der Waals surface area (Å²) in [5.41, 5.74) is 13.9. The van der Waals surface area contributed by atoms with Crippen molar-refractivity contribution in [3.05, 3.63) is 70.9 Å². The van der Waals surface area contributed by atoms with Crippen molar-refractivity contribution in [3.8, 4) is 0 Å². The van der Waals surface area contributed by atoms with Crippen molar-refractivity contribution in [2.45, 2.75) is 49.9 Å². The Hall–Kier alpha value is -4.60. The Morgan fingerprint density at radius 3 is 2.06 bits per heavy atom. The Morgan fingerprint density at radius 2 is 1.45 bits per heavy atom. The van der Waals surface area contributed by atoms with Crippen molar-refractivity contribution >= 4 is 69.8 Å². The predicted molar refractivity (Wildman–Crippen MR) is 176 cm³/mol. The molecule has 1 aromatic heterocycles. The standard InChI is InChI=1S/C31H37ClN6O8S/c1-47-11-10-23(36-27(40)21(33)13-17-15-35-22-5-3-2-4-19(17)22)28(41)38-25(12-16-6-8-18(32)9-7-16)29(42)37-24(26(34)39)14-20(30(43)44)31(45)46/h2-9,15,20-21,23-25,35H,10-14,33H2,1H3,(H2,34,39)(H,36,40)(H,37,42)(H,38,41)(H,43,44)(H,45,46)/t21-,23+,24+,25+/m1/s1. The highest BCUT2D eigenvalue weighted by molar-refractivity contribution is 7.98. The molecule has 0 aliphatic carbocycles. The van der Waals surface area contributed by atoms with E-state index in [0.29, 0.717) is 16.3 Å². The van der Waals surface area contributed by atoms with E-state index in [4.69, 9.17) is 23.1 Å². The van der Waals surface area contributed by atoms with Gasteiger partial charge in [0.15, 0.2) is 5.92 Å². The van der Waals surface area contributed by atoms with E-state index >= 15 is 0 Å². The van der Waals surface area contributed by atoms with Crippen LogP contribution in [0.1, 0.15) is 24.0 Å². The molecule has 4 amide bonds. The Bertz CT molecular complexity index is 1590. The number of carboxylic acids is 2. The molecule has 0 saturated carbocycles. The van der Waals surface area contributed by atoms with Crippen LogP contribution in [0.3, 0.4) is 0 Å². The van der Waals surface area contributed by atoms with Crippen LogP contribution in [-0.2, 0) is 41.6 Å². The van der Waals surface area contributed by atoms with E-state index in [-0.39, 0.29) is 19.3 Å². The number of nitrogens with one attached hydrogen (secondary N) is 4. The first-order chi connectivity index (χ1) is 22.3. The summed E-state index contributed by atoms with van der Waals surface area (Å²) < 4.78 is 0. The third-order valence-electron chi connectivity index (χ3n) is 7.41. The molecule has 2 aromatic carbocycles. The highest BCUT2D eigenvalue weighted by atomic mass is 35.5. The molecule has 47 heavy (non-hydrogen) atoms. The summed E-state index contributed by atoms with van der Waals surface area (Å²) in [5.74, 6) is -8.41. The SMILES string of the molecule is CSCC[C@H](NC(=O)[C@H](N)Cc1c[nH]c2ccccc12)C(=O)N[C@@H](Cc1ccc(Cl)cc1)C(=O)N[C@@H](CC(C(=O)O)C(=O)O)C(N)=O. The molecular formula is C31H37ClN6O8S. The Balaban J connectivity index is 1.80. The molecule has 0 saturated heterocycles. The van der Waals surface area contributed by atoms with Crippen LogP contribution in [-0.4, -0.2) is 86.9 Å². The molecular weight excluding hydrogens is 652 g/mol. The third kappa shape index (κ3) is 10.7. The van der Waals surface area contributed by atoms with Crippen molar-refractivity contribution in [1.29, 1.82) is 0 Å². The fourth-order valence-corrected chi connectivity index (χ4v) is 5.41. The average molecular weight is 689 g/mol. The van der Waals surface area contributed by atoms with Crippen molar-refractivity contribution in [2.75, 3.05) is 12.0 Å². The van der Waals surface area contributed by atoms with Crippen molar-refractivity contribution < 1.29 is 39.0 Å². The van der Waals surface area contributed by atoms with Crippen LogP contribution in [0.5, 0.6) is 0 Å². The van der Waals surface area contributed by atoms with E-state index in [0.717, 1.165) is 16.5 Å². The molecule has 10 N–H and O–H groups in total. The van der Waals surface area contributed by atoms with E-state index in [1.807, 2.05) is 30.5 Å². The highest BCUT2D eigenvalue weighted by Gasteiger charge is 2.35. The number of aromatic amines is 1. The fraction of sp³-hybridized carbons (Fsp3) is 0.355. The molecule has 252 valence electrons. The number of hydrogen-bond acceptors (Lipinski definition) is 8. The van der Waals surface area contributed by atoms with Crippen LogP contribution in [0, 0.1) is 5.92 Å². The molecule has 3 aromatic rings. The van der Waals surface area contributed by atoms with Crippen molar-refractivity contribution in [2.24, 2.45) is 17.4 Å². The monoisotopic (exact) mass is 688 g/mol. The molecule has 1 heterocycles. The quantitative estimate of drug-likeness (QED) is 0.0873. The van der Waals surface area contributed by atoms with Gasteiger partial charge in [-0.15, -0.1) is 0 Å². The smallest absolute Gasteiger partial charge is 0.317 e. The van der Waals surface area contributed by atoms with Gasteiger partial charge in [-0.1, -0.05) is 41.9 Å². The number of H-pyrrole nitrogens is 1. The van der Waals surface area contributed by atoms with Gasteiger partial charge in [0, 0.05) is 35.0 Å². The molecule has 0 bridgehead atoms. The van der Waals surface area contributed by atoms with E-state index in [1.54, 1.807) is 30.5 Å². The average Bonchev–Trinajstić information content (AvgIpc) is 3.43. The van der Waals surface area contributed by atoms with Gasteiger partial charge in [0.2, 0.25) is 23.6 Å². The van der Waals surface area contributed by atoms with Crippen molar-refractivity contribution in [3.63, 3.8) is 0 Å². The molecule has 0 spiro atoms. The van der Waals surface area contributed by atoms with Crippen LogP contribution in [0.4, 0.5) is 0 Å². The lowest BCUT2D eigenvalue weighted by atomic mass is 9.98. The van der Waals surface area contributed by atoms with Gasteiger partial charge in [-0.25, -0.2) is 0 Å². The second-order valence-corrected chi connectivity index (χ2v) is 12.3. The van der Waals surface area contributed by atoms with Gasteiger partial charge in [0.1, 0.15) is 18.1 Å². The van der Waals surface area contributed by atoms with Gasteiger partial charge < -0.3 is 42.6 Å². The maximum Gasteiger partial charge on any atom is 0.317 e. The molecule has 0 aliphatic heterocycles. The number of carbonyl (C=O) groups is 6. The lowest BCUT2D eigenvalue weighted by Gasteiger charge is -2.26. The van der Waals surface area contributed by atoms with E-state index in [1.165, 1.54) is 11.8 Å². The zero-order chi connectivity index (χ0) is 34.7. The number of hydrogen-bond donors (Lipinski definition) is 8. The van der Waals surface area contributed by atoms with Gasteiger partial charge in [-0.3, -0.25) is 28.8 Å². The Kier molecular flexibility index (Phi) is 13.6. The summed E-state index contributed by atoms with van der Waals surface area (Å²) in [5, 5.41) is 27.4. The fourth-order valence-electron chi connectivity index (χ4n) is 4.81. The van der Waals surface area contributed by atoms with E-state index < -0.39 is 72.1 Å². The maximum atomic E-state index is 13.6. The number of halogens is 1. The summed E-state index contributed by atoms with van der Waals surface area (Å²) in [4.78, 5) is 78.3. The summed E-state index contributed by atoms with van der Waals surface area (Å²) in [6.07, 6.45) is 3.04. The predicted octanol–water partition coefficient (Wildman–Crippen LogP) is 0.802. The lowest BCUT2D eigenvalue weighted by molar-refractivity contribution is -0.155. The second-order valence-electron chi connectivity index (χ2n) is 10.8. The molecule has 3 rings (SSSR count). The number of rotatable bonds is 18. The first-order valence-electron chi connectivity index (χ1n) is 14.5. The number of primary amides is 1. The summed E-state index contributed by atoms with van der Waals surface area (Å²) in [6.45, 7) is 0. The molecule has 0 fully saturated rings. The number of para-hydroxylation sites is 1. The summed E-state index contributed by atoms with van der Waals surface area (Å²) >= 11 is 7.42. The minimum absolute atomic E-state index is 0.106. The Morgan fingerprint density at radius 1 is 0.851 bits per heavy atom. The van der Waals surface area contributed by atoms with E-state index in [2.05, 4.69) is 20.9 Å². The number of fused-ring (bicyclic) bond motifs is 1. The third-order valence-corrected chi connectivity index (χ3v) is 8.30. The van der Waals surface area contributed by atoms with Crippen LogP contribution in [0.2, 0.25) is 5.02 Å². The molecule has 0 radical (unpaired) electrons. The molecule has 14 nitrogen and oxygen atoms in total. The van der Waals surface area contributed by atoms with Gasteiger partial charge in [-0.05, 0) is 54.2 Å². The van der Waals surface area contributed by atoms with Crippen molar-refractivity contribution in [1.82, 2.24) is 20.9 Å². The number of aromatic nitrogens is 1. The number of benzene rings is 2. The lowest BCUT2D eigenvalue weighted by Crippen LogP contribution is -2.58. The molecule has 0 aliphatic rings. The van der Waals surface area contributed by atoms with Gasteiger partial charge in [0.05, 0.1) is 6.04 Å². The zero-order valence-corrected chi connectivity index (χ0v) is 27.0. The number of amides is 4. The van der Waals surface area contributed by atoms with Gasteiger partial charge >= 0.3 is 11.9 Å². The topological polar surface area (TPSA) is 247 Å².